The van der Waals surface area contributed by atoms with Gasteiger partial charge < -0.3 is 10.1 Å². The van der Waals surface area contributed by atoms with Crippen LogP contribution in [0.5, 0.6) is 5.75 Å². The van der Waals surface area contributed by atoms with Crippen molar-refractivity contribution in [3.63, 3.8) is 0 Å². The molecule has 0 saturated heterocycles. The maximum atomic E-state index is 12.8. The molecule has 3 aromatic carbocycles. The lowest BCUT2D eigenvalue weighted by Crippen LogP contribution is -2.29. The average molecular weight is 451 g/mol. The van der Waals surface area contributed by atoms with Crippen LogP contribution in [0.2, 0.25) is 0 Å². The largest absolute Gasteiger partial charge is 0.497 e. The zero-order valence-corrected chi connectivity index (χ0v) is 16.9. The highest BCUT2D eigenvalue weighted by Crippen LogP contribution is 2.31. The van der Waals surface area contributed by atoms with Crippen molar-refractivity contribution in [3.8, 4) is 5.75 Å². The van der Waals surface area contributed by atoms with E-state index in [2.05, 4.69) is 21.2 Å². The molecular formula is C22H15BrN2O4. The molecule has 29 heavy (non-hydrogen) atoms. The van der Waals surface area contributed by atoms with Crippen LogP contribution in [0.4, 0.5) is 11.4 Å². The molecule has 0 radical (unpaired) electrons. The molecule has 1 N–H and O–H groups in total. The number of nitrogens with zero attached hydrogens (tertiary/aromatic N) is 1. The van der Waals surface area contributed by atoms with Gasteiger partial charge in [-0.15, -0.1) is 0 Å². The number of imide groups is 1. The first-order chi connectivity index (χ1) is 14.0. The standard InChI is InChI=1S/C22H15BrN2O4/c1-29-17-7-3-5-15(12-17)24-20(26)13-4-2-6-16(10-13)25-21(27)18-9-8-14(23)11-19(18)22(25)28/h2-12H,1H3,(H,24,26). The maximum Gasteiger partial charge on any atom is 0.266 e. The summed E-state index contributed by atoms with van der Waals surface area (Å²) in [5.41, 5.74) is 1.90. The lowest BCUT2D eigenvalue weighted by atomic mass is 10.1. The van der Waals surface area contributed by atoms with E-state index in [9.17, 15) is 14.4 Å². The monoisotopic (exact) mass is 450 g/mol. The lowest BCUT2D eigenvalue weighted by Gasteiger charge is -2.15. The summed E-state index contributed by atoms with van der Waals surface area (Å²) in [6.07, 6.45) is 0. The van der Waals surface area contributed by atoms with Crippen LogP contribution in [0.1, 0.15) is 31.1 Å². The second-order valence-corrected chi connectivity index (χ2v) is 7.29. The number of carbonyl (C=O) groups is 3. The third-order valence-electron chi connectivity index (χ3n) is 4.54. The van der Waals surface area contributed by atoms with E-state index >= 15 is 0 Å². The Labute approximate surface area is 175 Å². The van der Waals surface area contributed by atoms with E-state index < -0.39 is 11.8 Å². The van der Waals surface area contributed by atoms with E-state index in [0.29, 0.717) is 38.3 Å². The van der Waals surface area contributed by atoms with E-state index in [-0.39, 0.29) is 5.91 Å². The van der Waals surface area contributed by atoms with Gasteiger partial charge >= 0.3 is 0 Å². The van der Waals surface area contributed by atoms with Gasteiger partial charge in [0.05, 0.1) is 23.9 Å². The molecule has 0 aromatic heterocycles. The maximum absolute atomic E-state index is 12.8. The second kappa shape index (κ2) is 7.52. The van der Waals surface area contributed by atoms with Crippen LogP contribution < -0.4 is 15.0 Å². The van der Waals surface area contributed by atoms with Gasteiger partial charge in [0.15, 0.2) is 0 Å². The Kier molecular flexibility index (Phi) is 4.90. The van der Waals surface area contributed by atoms with Crippen molar-refractivity contribution < 1.29 is 19.1 Å². The number of benzene rings is 3. The summed E-state index contributed by atoms with van der Waals surface area (Å²) in [5.74, 6) is -0.576. The zero-order valence-electron chi connectivity index (χ0n) is 15.3. The number of anilines is 2. The van der Waals surface area contributed by atoms with Crippen LogP contribution in [0.3, 0.4) is 0 Å². The van der Waals surface area contributed by atoms with Gasteiger partial charge in [0.2, 0.25) is 0 Å². The topological polar surface area (TPSA) is 75.7 Å². The SMILES string of the molecule is COc1cccc(NC(=O)c2cccc(N3C(=O)c4ccc(Br)cc4C3=O)c2)c1. The molecule has 7 heteroatoms. The first-order valence-corrected chi connectivity index (χ1v) is 9.51. The van der Waals surface area contributed by atoms with E-state index in [1.54, 1.807) is 67.8 Å². The van der Waals surface area contributed by atoms with Crippen LogP contribution in [-0.4, -0.2) is 24.8 Å². The Bertz CT molecular complexity index is 1160. The number of rotatable bonds is 4. The number of methoxy groups -OCH3 is 1. The third-order valence-corrected chi connectivity index (χ3v) is 5.04. The molecule has 1 aliphatic heterocycles. The number of ether oxygens (including phenoxy) is 1. The van der Waals surface area contributed by atoms with Crippen LogP contribution in [0.15, 0.2) is 71.2 Å². The van der Waals surface area contributed by atoms with Gasteiger partial charge in [-0.05, 0) is 48.5 Å². The third kappa shape index (κ3) is 3.52. The molecule has 0 aliphatic carbocycles. The first-order valence-electron chi connectivity index (χ1n) is 8.72. The van der Waals surface area contributed by atoms with Crippen LogP contribution in [-0.2, 0) is 0 Å². The van der Waals surface area contributed by atoms with Crippen LogP contribution >= 0.6 is 15.9 Å². The fourth-order valence-corrected chi connectivity index (χ4v) is 3.50. The van der Waals surface area contributed by atoms with Crippen molar-refractivity contribution in [1.82, 2.24) is 0 Å². The van der Waals surface area contributed by atoms with Gasteiger partial charge in [-0.1, -0.05) is 28.1 Å². The molecule has 1 heterocycles. The molecule has 0 fully saturated rings. The Morgan fingerprint density at radius 3 is 2.48 bits per heavy atom. The smallest absolute Gasteiger partial charge is 0.266 e. The Balaban J connectivity index is 1.61. The van der Waals surface area contributed by atoms with Gasteiger partial charge in [-0.3, -0.25) is 14.4 Å². The Morgan fingerprint density at radius 1 is 0.931 bits per heavy atom. The normalized spacial score (nSPS) is 12.7. The molecule has 4 rings (SSSR count). The van der Waals surface area contributed by atoms with E-state index in [0.717, 1.165) is 4.90 Å². The summed E-state index contributed by atoms with van der Waals surface area (Å²) in [6, 6.07) is 18.3. The molecule has 144 valence electrons. The summed E-state index contributed by atoms with van der Waals surface area (Å²) in [5, 5.41) is 2.78. The highest BCUT2D eigenvalue weighted by molar-refractivity contribution is 9.10. The van der Waals surface area contributed by atoms with Crippen molar-refractivity contribution in [2.24, 2.45) is 0 Å². The molecule has 0 spiro atoms. The van der Waals surface area contributed by atoms with Gasteiger partial charge in [-0.25, -0.2) is 4.90 Å². The predicted octanol–water partition coefficient (Wildman–Crippen LogP) is 4.51. The molecule has 0 unspecified atom stereocenters. The number of carbonyl (C=O) groups excluding carboxylic acids is 3. The molecule has 1 aliphatic rings. The average Bonchev–Trinajstić information content (AvgIpc) is 2.98. The summed E-state index contributed by atoms with van der Waals surface area (Å²) in [6.45, 7) is 0. The minimum Gasteiger partial charge on any atom is -0.497 e. The molecule has 0 atom stereocenters. The summed E-state index contributed by atoms with van der Waals surface area (Å²) >= 11 is 3.32. The van der Waals surface area contributed by atoms with Crippen molar-refractivity contribution in [3.05, 3.63) is 87.9 Å². The summed E-state index contributed by atoms with van der Waals surface area (Å²) in [7, 11) is 1.55. The van der Waals surface area contributed by atoms with Gasteiger partial charge in [-0.2, -0.15) is 0 Å². The van der Waals surface area contributed by atoms with Gasteiger partial charge in [0.25, 0.3) is 17.7 Å². The van der Waals surface area contributed by atoms with Crippen molar-refractivity contribution >= 4 is 45.0 Å². The number of hydrogen-bond acceptors (Lipinski definition) is 4. The minimum atomic E-state index is -0.420. The molecule has 3 amide bonds. The van der Waals surface area contributed by atoms with Gasteiger partial charge in [0.1, 0.15) is 5.75 Å². The fraction of sp³-hybridized carbons (Fsp3) is 0.0455. The zero-order chi connectivity index (χ0) is 20.5. The quantitative estimate of drug-likeness (QED) is 0.593. The number of amides is 3. The number of hydrogen-bond donors (Lipinski definition) is 1. The molecule has 0 saturated carbocycles. The summed E-state index contributed by atoms with van der Waals surface area (Å²) < 4.78 is 5.87. The van der Waals surface area contributed by atoms with Crippen LogP contribution in [0.25, 0.3) is 0 Å². The molecule has 0 bridgehead atoms. The number of fused-ring (bicyclic) bond motifs is 1. The fourth-order valence-electron chi connectivity index (χ4n) is 3.14. The first kappa shape index (κ1) is 18.9. The summed E-state index contributed by atoms with van der Waals surface area (Å²) in [4.78, 5) is 39.3. The number of halogens is 1. The van der Waals surface area contributed by atoms with E-state index in [1.165, 1.54) is 6.07 Å². The van der Waals surface area contributed by atoms with Crippen molar-refractivity contribution in [2.45, 2.75) is 0 Å². The van der Waals surface area contributed by atoms with Crippen molar-refractivity contribution in [1.29, 1.82) is 0 Å². The minimum absolute atomic E-state index is 0.322. The van der Waals surface area contributed by atoms with Crippen molar-refractivity contribution in [2.75, 3.05) is 17.3 Å². The number of nitrogens with one attached hydrogen (secondary N) is 1. The lowest BCUT2D eigenvalue weighted by molar-refractivity contribution is 0.0924. The Morgan fingerprint density at radius 2 is 1.69 bits per heavy atom. The predicted molar refractivity (Wildman–Crippen MR) is 113 cm³/mol. The van der Waals surface area contributed by atoms with Gasteiger partial charge in [0, 0.05) is 21.8 Å². The van der Waals surface area contributed by atoms with E-state index in [1.807, 2.05) is 0 Å². The second-order valence-electron chi connectivity index (χ2n) is 6.37. The molecule has 3 aromatic rings. The Hall–Kier alpha value is -3.45. The molecule has 6 nitrogen and oxygen atoms in total. The van der Waals surface area contributed by atoms with E-state index in [4.69, 9.17) is 4.74 Å². The van der Waals surface area contributed by atoms with Crippen LogP contribution in [0, 0.1) is 0 Å². The molecular weight excluding hydrogens is 436 g/mol. The highest BCUT2D eigenvalue weighted by Gasteiger charge is 2.36. The highest BCUT2D eigenvalue weighted by atomic mass is 79.9.